The maximum absolute atomic E-state index is 12.8. The first-order valence-electron chi connectivity index (χ1n) is 42.1. The Morgan fingerprint density at radius 3 is 0.845 bits per heavy atom. The highest BCUT2D eigenvalue weighted by atomic mass is 31.2. The van der Waals surface area contributed by atoms with Gasteiger partial charge in [-0.3, -0.25) is 18.6 Å². The third-order valence-electron chi connectivity index (χ3n) is 18.8. The maximum Gasteiger partial charge on any atom is 0.472 e. The average molecular weight is 1380 g/mol. The predicted molar refractivity (Wildman–Crippen MR) is 422 cm³/mol. The van der Waals surface area contributed by atoms with Gasteiger partial charge in [-0.25, -0.2) is 4.57 Å². The van der Waals surface area contributed by atoms with Gasteiger partial charge in [-0.2, -0.15) is 0 Å². The molecule has 10 heteroatoms. The van der Waals surface area contributed by atoms with Crippen LogP contribution in [0.2, 0.25) is 0 Å². The van der Waals surface area contributed by atoms with Crippen LogP contribution in [0, 0.1) is 0 Å². The molecule has 2 unspecified atom stereocenters. The van der Waals surface area contributed by atoms with Gasteiger partial charge in [-0.15, -0.1) is 0 Å². The van der Waals surface area contributed by atoms with Crippen molar-refractivity contribution in [3.8, 4) is 0 Å². The van der Waals surface area contributed by atoms with Crippen LogP contribution in [0.15, 0.2) is 85.1 Å². The van der Waals surface area contributed by atoms with Crippen LogP contribution >= 0.6 is 7.82 Å². The van der Waals surface area contributed by atoms with Crippen LogP contribution in [-0.4, -0.2) is 49.3 Å². The van der Waals surface area contributed by atoms with Crippen LogP contribution in [0.1, 0.15) is 425 Å². The number of nitrogens with two attached hydrogens (primary N) is 1. The fraction of sp³-hybridized carbons (Fsp3) is 0.816. The number of hydrogen-bond acceptors (Lipinski definition) is 8. The first-order valence-corrected chi connectivity index (χ1v) is 43.6. The van der Waals surface area contributed by atoms with E-state index in [2.05, 4.69) is 98.9 Å². The Morgan fingerprint density at radius 1 is 0.320 bits per heavy atom. The average Bonchev–Trinajstić information content (AvgIpc) is 2.69. The van der Waals surface area contributed by atoms with Gasteiger partial charge < -0.3 is 20.1 Å². The number of phosphoric ester groups is 1. The summed E-state index contributed by atoms with van der Waals surface area (Å²) in [6.45, 7) is 3.69. The molecule has 3 N–H and O–H groups in total. The molecule has 0 rings (SSSR count). The Balaban J connectivity index is 3.73. The molecule has 9 nitrogen and oxygen atoms in total. The minimum atomic E-state index is -4.40. The summed E-state index contributed by atoms with van der Waals surface area (Å²) in [5, 5.41) is 0. The number of carbonyl (C=O) groups excluding carboxylic acids is 2. The van der Waals surface area contributed by atoms with E-state index in [4.69, 9.17) is 24.3 Å². The van der Waals surface area contributed by atoms with E-state index >= 15 is 0 Å². The third kappa shape index (κ3) is 82.0. The van der Waals surface area contributed by atoms with Crippen LogP contribution in [0.3, 0.4) is 0 Å². The standard InChI is InChI=1S/C87H160NO8P/c1-3-5-7-9-11-13-15-17-19-21-23-25-27-29-31-33-35-37-39-40-41-42-43-44-46-47-49-51-53-55-57-59-61-63-65-67-69-71-73-75-77-79-86(89)93-83-85(84-95-97(91,92)94-82-81-88)96-87(90)80-78-76-74-72-70-68-66-64-62-60-58-56-54-52-50-48-45-38-36-34-32-30-28-26-24-22-20-18-16-14-12-10-8-6-4-2/h6,8,12,14-15,17-18,20-21,23-24,26-27,29,85H,3-5,7,9-11,13,16,19,22,25,28,30-84,88H2,1-2H3,(H,91,92)/b8-6-,14-12-,17-15-,20-18-,23-21-,26-24-,29-27-. The predicted octanol–water partition coefficient (Wildman–Crippen LogP) is 28.4. The summed E-state index contributed by atoms with van der Waals surface area (Å²) in [6, 6.07) is 0. The van der Waals surface area contributed by atoms with E-state index in [1.54, 1.807) is 0 Å². The number of esters is 2. The Morgan fingerprint density at radius 2 is 0.567 bits per heavy atom. The number of carbonyl (C=O) groups is 2. The van der Waals surface area contributed by atoms with E-state index in [-0.39, 0.29) is 38.6 Å². The van der Waals surface area contributed by atoms with Gasteiger partial charge in [0, 0.05) is 19.4 Å². The first-order chi connectivity index (χ1) is 47.8. The molecule has 0 fully saturated rings. The third-order valence-corrected chi connectivity index (χ3v) is 19.7. The summed E-state index contributed by atoms with van der Waals surface area (Å²) < 4.78 is 33.3. The summed E-state index contributed by atoms with van der Waals surface area (Å²) in [5.74, 6) is -0.804. The quantitative estimate of drug-likeness (QED) is 0.0264. The lowest BCUT2D eigenvalue weighted by Gasteiger charge is -2.19. The van der Waals surface area contributed by atoms with Crippen molar-refractivity contribution in [2.45, 2.75) is 431 Å². The van der Waals surface area contributed by atoms with Gasteiger partial charge in [-0.05, 0) is 89.9 Å². The minimum Gasteiger partial charge on any atom is -0.462 e. The summed E-state index contributed by atoms with van der Waals surface area (Å²) >= 11 is 0. The van der Waals surface area contributed by atoms with Gasteiger partial charge in [0.2, 0.25) is 0 Å². The normalized spacial score (nSPS) is 13.2. The van der Waals surface area contributed by atoms with Crippen LogP contribution in [0.4, 0.5) is 0 Å². The maximum atomic E-state index is 12.8. The summed E-state index contributed by atoms with van der Waals surface area (Å²) in [7, 11) is -4.40. The highest BCUT2D eigenvalue weighted by Crippen LogP contribution is 2.43. The van der Waals surface area contributed by atoms with Crippen molar-refractivity contribution >= 4 is 19.8 Å². The van der Waals surface area contributed by atoms with E-state index in [1.807, 2.05) is 0 Å². The molecular weight excluding hydrogens is 1220 g/mol. The van der Waals surface area contributed by atoms with Gasteiger partial charge in [-0.1, -0.05) is 407 Å². The van der Waals surface area contributed by atoms with Crippen molar-refractivity contribution in [3.63, 3.8) is 0 Å². The SMILES string of the molecule is CC/C=C\C/C=C\C/C=C\C/C=C\CCCCCCCCCCCCCCCCCCCCCCCCC(=O)OC(COC(=O)CCCCCCCCCCCCCCCCCCCCCCCCCCCC/C=C\C/C=C\C/C=C\CCCCCCC)COP(=O)(O)OCCN. The number of rotatable bonds is 80. The second-order valence-corrected chi connectivity index (χ2v) is 29.8. The molecule has 0 aromatic heterocycles. The van der Waals surface area contributed by atoms with Crippen LogP contribution in [-0.2, 0) is 32.7 Å². The van der Waals surface area contributed by atoms with Crippen molar-refractivity contribution in [3.05, 3.63) is 85.1 Å². The molecule has 2 atom stereocenters. The van der Waals surface area contributed by atoms with Crippen molar-refractivity contribution in [1.29, 1.82) is 0 Å². The zero-order valence-corrected chi connectivity index (χ0v) is 65.0. The van der Waals surface area contributed by atoms with Gasteiger partial charge >= 0.3 is 19.8 Å². The van der Waals surface area contributed by atoms with Crippen LogP contribution < -0.4 is 5.73 Å². The number of unbranched alkanes of at least 4 members (excludes halogenated alkanes) is 53. The molecule has 0 aliphatic carbocycles. The molecular formula is C87H160NO8P. The number of ether oxygens (including phenoxy) is 2. The Hall–Kier alpha value is -2.81. The molecule has 0 spiro atoms. The molecule has 0 aromatic rings. The van der Waals surface area contributed by atoms with E-state index in [9.17, 15) is 19.0 Å². The highest BCUT2D eigenvalue weighted by molar-refractivity contribution is 7.47. The van der Waals surface area contributed by atoms with E-state index in [1.165, 1.54) is 321 Å². The monoisotopic (exact) mass is 1380 g/mol. The summed E-state index contributed by atoms with van der Waals surface area (Å²) in [4.78, 5) is 35.5. The van der Waals surface area contributed by atoms with Crippen molar-refractivity contribution < 1.29 is 37.6 Å². The molecule has 566 valence electrons. The van der Waals surface area contributed by atoms with Gasteiger partial charge in [0.25, 0.3) is 0 Å². The zero-order chi connectivity index (χ0) is 70.0. The lowest BCUT2D eigenvalue weighted by Crippen LogP contribution is -2.29. The van der Waals surface area contributed by atoms with E-state index < -0.39 is 26.5 Å². The number of phosphoric acid groups is 1. The van der Waals surface area contributed by atoms with Crippen molar-refractivity contribution in [2.75, 3.05) is 26.4 Å². The smallest absolute Gasteiger partial charge is 0.462 e. The lowest BCUT2D eigenvalue weighted by molar-refractivity contribution is -0.161. The highest BCUT2D eigenvalue weighted by Gasteiger charge is 2.26. The van der Waals surface area contributed by atoms with Crippen LogP contribution in [0.5, 0.6) is 0 Å². The van der Waals surface area contributed by atoms with Gasteiger partial charge in [0.05, 0.1) is 13.2 Å². The molecule has 0 saturated heterocycles. The fourth-order valence-electron chi connectivity index (χ4n) is 12.6. The Kier molecular flexibility index (Phi) is 79.8. The van der Waals surface area contributed by atoms with Crippen LogP contribution in [0.25, 0.3) is 0 Å². The van der Waals surface area contributed by atoms with Gasteiger partial charge in [0.1, 0.15) is 6.61 Å². The van der Waals surface area contributed by atoms with E-state index in [0.717, 1.165) is 70.6 Å². The second-order valence-electron chi connectivity index (χ2n) is 28.3. The molecule has 0 saturated carbocycles. The zero-order valence-electron chi connectivity index (χ0n) is 64.1. The topological polar surface area (TPSA) is 134 Å². The summed E-state index contributed by atoms with van der Waals surface area (Å²) in [6.07, 6.45) is 112. The largest absolute Gasteiger partial charge is 0.472 e. The molecule has 0 amide bonds. The first kappa shape index (κ1) is 94.2. The lowest BCUT2D eigenvalue weighted by atomic mass is 10.0. The molecule has 97 heavy (non-hydrogen) atoms. The molecule has 0 aliphatic heterocycles. The number of allylic oxidation sites excluding steroid dienone is 14. The molecule has 0 heterocycles. The molecule has 0 aliphatic rings. The van der Waals surface area contributed by atoms with Crippen molar-refractivity contribution in [1.82, 2.24) is 0 Å². The van der Waals surface area contributed by atoms with E-state index in [0.29, 0.717) is 6.42 Å². The number of hydrogen-bond donors (Lipinski definition) is 2. The molecule has 0 aromatic carbocycles. The fourth-order valence-corrected chi connectivity index (χ4v) is 13.3. The Labute approximate surface area is 602 Å². The second kappa shape index (κ2) is 82.1. The molecule has 0 bridgehead atoms. The summed E-state index contributed by atoms with van der Waals surface area (Å²) in [5.41, 5.74) is 5.42. The minimum absolute atomic E-state index is 0.0547. The van der Waals surface area contributed by atoms with Gasteiger partial charge in [0.15, 0.2) is 6.10 Å². The molecule has 0 radical (unpaired) electrons. The Bertz CT molecular complexity index is 1870. The van der Waals surface area contributed by atoms with Crippen molar-refractivity contribution in [2.24, 2.45) is 5.73 Å².